The molecule has 1 atom stereocenters. The van der Waals surface area contributed by atoms with Crippen molar-refractivity contribution in [3.8, 4) is 6.07 Å². The molecule has 1 unspecified atom stereocenters. The van der Waals surface area contributed by atoms with Crippen LogP contribution >= 0.6 is 11.6 Å². The molecule has 0 aliphatic heterocycles. The predicted octanol–water partition coefficient (Wildman–Crippen LogP) is 6.59. The summed E-state index contributed by atoms with van der Waals surface area (Å²) in [6, 6.07) is 21.4. The lowest BCUT2D eigenvalue weighted by atomic mass is 9.67. The Kier molecular flexibility index (Phi) is 7.54. The number of hydrogen-bond donors (Lipinski definition) is 0. The summed E-state index contributed by atoms with van der Waals surface area (Å²) in [6.07, 6.45) is 6.78. The van der Waals surface area contributed by atoms with Crippen molar-refractivity contribution in [3.63, 3.8) is 0 Å². The van der Waals surface area contributed by atoms with E-state index in [1.165, 1.54) is 18.4 Å². The van der Waals surface area contributed by atoms with Crippen molar-refractivity contribution >= 4 is 11.6 Å². The normalized spacial score (nSPS) is 16.8. The third-order valence-corrected chi connectivity index (χ3v) is 6.60. The molecule has 148 valence electrons. The summed E-state index contributed by atoms with van der Waals surface area (Å²) in [6.45, 7) is 5.24. The second kappa shape index (κ2) is 10.1. The zero-order valence-corrected chi connectivity index (χ0v) is 17.7. The van der Waals surface area contributed by atoms with Gasteiger partial charge in [0.1, 0.15) is 0 Å². The number of rotatable bonds is 9. The maximum atomic E-state index is 10.3. The molecule has 0 heterocycles. The van der Waals surface area contributed by atoms with E-state index < -0.39 is 0 Å². The molecular formula is C25H31ClN2. The van der Waals surface area contributed by atoms with Gasteiger partial charge in [0.05, 0.1) is 11.5 Å². The van der Waals surface area contributed by atoms with E-state index in [0.29, 0.717) is 5.92 Å². The van der Waals surface area contributed by atoms with E-state index >= 15 is 0 Å². The summed E-state index contributed by atoms with van der Waals surface area (Å²) in [5, 5.41) is 11.1. The molecule has 0 bridgehead atoms. The molecule has 3 heteroatoms. The van der Waals surface area contributed by atoms with Crippen LogP contribution in [0.25, 0.3) is 0 Å². The van der Waals surface area contributed by atoms with Crippen LogP contribution in [0.2, 0.25) is 5.02 Å². The van der Waals surface area contributed by atoms with Gasteiger partial charge in [-0.2, -0.15) is 5.26 Å². The standard InChI is InChI=1S/C25H31ClN2/c1-2-28(19-21-9-4-3-5-10-21)18-8-17-25(20-27,22-11-6-7-12-22)23-13-15-24(26)16-14-23/h3-5,9-10,13-16,22H,2,6-8,11-12,17-19H2,1H3. The Bertz CT molecular complexity index is 759. The monoisotopic (exact) mass is 394 g/mol. The van der Waals surface area contributed by atoms with Crippen LogP contribution in [0.1, 0.15) is 56.6 Å². The van der Waals surface area contributed by atoms with Gasteiger partial charge >= 0.3 is 0 Å². The maximum Gasteiger partial charge on any atom is 0.0850 e. The smallest absolute Gasteiger partial charge is 0.0850 e. The molecule has 0 spiro atoms. The van der Waals surface area contributed by atoms with E-state index in [2.05, 4.69) is 60.4 Å². The first-order valence-electron chi connectivity index (χ1n) is 10.6. The highest BCUT2D eigenvalue weighted by atomic mass is 35.5. The molecule has 2 nitrogen and oxygen atoms in total. The number of nitriles is 1. The minimum Gasteiger partial charge on any atom is -0.299 e. The van der Waals surface area contributed by atoms with Crippen LogP contribution < -0.4 is 0 Å². The first-order valence-corrected chi connectivity index (χ1v) is 11.0. The van der Waals surface area contributed by atoms with Gasteiger partial charge in [0.25, 0.3) is 0 Å². The molecule has 1 saturated carbocycles. The highest BCUT2D eigenvalue weighted by Gasteiger charge is 2.41. The van der Waals surface area contributed by atoms with Gasteiger partial charge in [0.15, 0.2) is 0 Å². The summed E-state index contributed by atoms with van der Waals surface area (Å²) >= 11 is 6.12. The minimum atomic E-state index is -0.382. The second-order valence-corrected chi connectivity index (χ2v) is 8.47. The highest BCUT2D eigenvalue weighted by Crippen LogP contribution is 2.45. The van der Waals surface area contributed by atoms with E-state index in [9.17, 15) is 5.26 Å². The van der Waals surface area contributed by atoms with E-state index in [1.807, 2.05) is 12.1 Å². The SMILES string of the molecule is CCN(CCCC(C#N)(c1ccc(Cl)cc1)C1CCCC1)Cc1ccccc1. The molecule has 2 aromatic carbocycles. The second-order valence-electron chi connectivity index (χ2n) is 8.03. The van der Waals surface area contributed by atoms with Crippen LogP contribution in [0.3, 0.4) is 0 Å². The van der Waals surface area contributed by atoms with Gasteiger partial charge < -0.3 is 0 Å². The van der Waals surface area contributed by atoms with Crippen molar-refractivity contribution in [2.45, 2.75) is 57.4 Å². The van der Waals surface area contributed by atoms with Crippen LogP contribution in [-0.4, -0.2) is 18.0 Å². The Morgan fingerprint density at radius 3 is 2.36 bits per heavy atom. The third-order valence-electron chi connectivity index (χ3n) is 6.35. The summed E-state index contributed by atoms with van der Waals surface area (Å²) in [7, 11) is 0. The Balaban J connectivity index is 1.70. The lowest BCUT2D eigenvalue weighted by molar-refractivity contribution is 0.247. The summed E-state index contributed by atoms with van der Waals surface area (Å²) in [4.78, 5) is 2.48. The average molecular weight is 395 g/mol. The lowest BCUT2D eigenvalue weighted by Gasteiger charge is -2.34. The van der Waals surface area contributed by atoms with Crippen LogP contribution in [0.15, 0.2) is 54.6 Å². The fourth-order valence-electron chi connectivity index (χ4n) is 4.73. The van der Waals surface area contributed by atoms with Crippen LogP contribution in [-0.2, 0) is 12.0 Å². The van der Waals surface area contributed by atoms with Crippen molar-refractivity contribution in [2.75, 3.05) is 13.1 Å². The van der Waals surface area contributed by atoms with Crippen molar-refractivity contribution in [1.82, 2.24) is 4.90 Å². The van der Waals surface area contributed by atoms with Gasteiger partial charge in [0, 0.05) is 11.6 Å². The molecule has 1 aliphatic rings. The Morgan fingerprint density at radius 1 is 1.07 bits per heavy atom. The predicted molar refractivity (Wildman–Crippen MR) is 117 cm³/mol. The Hall–Kier alpha value is -1.82. The Morgan fingerprint density at radius 2 is 1.75 bits per heavy atom. The van der Waals surface area contributed by atoms with Crippen molar-refractivity contribution in [2.24, 2.45) is 5.92 Å². The van der Waals surface area contributed by atoms with Gasteiger partial charge in [-0.15, -0.1) is 0 Å². The number of benzene rings is 2. The van der Waals surface area contributed by atoms with Crippen LogP contribution in [0, 0.1) is 17.2 Å². The highest BCUT2D eigenvalue weighted by molar-refractivity contribution is 6.30. The van der Waals surface area contributed by atoms with Crippen LogP contribution in [0.4, 0.5) is 0 Å². The van der Waals surface area contributed by atoms with E-state index in [4.69, 9.17) is 11.6 Å². The first kappa shape index (κ1) is 20.9. The van der Waals surface area contributed by atoms with Crippen molar-refractivity contribution < 1.29 is 0 Å². The van der Waals surface area contributed by atoms with Gasteiger partial charge in [-0.3, -0.25) is 4.90 Å². The molecule has 2 aromatic rings. The van der Waals surface area contributed by atoms with Gasteiger partial charge in [-0.1, -0.05) is 73.8 Å². The molecule has 1 aliphatic carbocycles. The summed E-state index contributed by atoms with van der Waals surface area (Å²) < 4.78 is 0. The molecule has 28 heavy (non-hydrogen) atoms. The van der Waals surface area contributed by atoms with Gasteiger partial charge in [0.2, 0.25) is 0 Å². The molecule has 0 aromatic heterocycles. The Labute approximate surface area is 175 Å². The summed E-state index contributed by atoms with van der Waals surface area (Å²) in [5.41, 5.74) is 2.12. The molecule has 0 amide bonds. The number of halogens is 1. The summed E-state index contributed by atoms with van der Waals surface area (Å²) in [5.74, 6) is 0.461. The average Bonchev–Trinajstić information content (AvgIpc) is 3.27. The maximum absolute atomic E-state index is 10.3. The largest absolute Gasteiger partial charge is 0.299 e. The van der Waals surface area contributed by atoms with Gasteiger partial charge in [-0.25, -0.2) is 0 Å². The molecule has 0 N–H and O–H groups in total. The van der Waals surface area contributed by atoms with E-state index in [0.717, 1.165) is 55.9 Å². The zero-order chi connectivity index (χ0) is 19.8. The number of hydrogen-bond acceptors (Lipinski definition) is 2. The lowest BCUT2D eigenvalue weighted by Crippen LogP contribution is -2.34. The zero-order valence-electron chi connectivity index (χ0n) is 16.9. The molecule has 0 radical (unpaired) electrons. The fourth-order valence-corrected chi connectivity index (χ4v) is 4.86. The van der Waals surface area contributed by atoms with Gasteiger partial charge in [-0.05, 0) is 68.0 Å². The van der Waals surface area contributed by atoms with E-state index in [1.54, 1.807) is 0 Å². The molecule has 3 rings (SSSR count). The minimum absolute atomic E-state index is 0.382. The first-order chi connectivity index (χ1) is 13.7. The van der Waals surface area contributed by atoms with Crippen LogP contribution in [0.5, 0.6) is 0 Å². The molecule has 0 saturated heterocycles. The number of nitrogens with zero attached hydrogens (tertiary/aromatic N) is 2. The molecule has 1 fully saturated rings. The molecular weight excluding hydrogens is 364 g/mol. The van der Waals surface area contributed by atoms with Crippen molar-refractivity contribution in [1.29, 1.82) is 5.26 Å². The topological polar surface area (TPSA) is 27.0 Å². The third kappa shape index (κ3) is 4.96. The van der Waals surface area contributed by atoms with E-state index in [-0.39, 0.29) is 5.41 Å². The fraction of sp³-hybridized carbons (Fsp3) is 0.480. The van der Waals surface area contributed by atoms with Crippen molar-refractivity contribution in [3.05, 3.63) is 70.7 Å². The quantitative estimate of drug-likeness (QED) is 0.479.